The summed E-state index contributed by atoms with van der Waals surface area (Å²) in [5, 5.41) is 0. The summed E-state index contributed by atoms with van der Waals surface area (Å²) in [5.41, 5.74) is 2.59. The SMILES string of the molecule is Cc1ccc(CN(C(=O)OC(C)(C)C)c2ccccc2)cc1. The van der Waals surface area contributed by atoms with Crippen LogP contribution in [0.25, 0.3) is 0 Å². The Bertz CT molecular complexity index is 612. The van der Waals surface area contributed by atoms with Crippen LogP contribution in [0.15, 0.2) is 54.6 Å². The Morgan fingerprint density at radius 3 is 2.14 bits per heavy atom. The van der Waals surface area contributed by atoms with Gasteiger partial charge in [-0.3, -0.25) is 4.90 Å². The first-order valence-corrected chi connectivity index (χ1v) is 7.46. The van der Waals surface area contributed by atoms with E-state index in [-0.39, 0.29) is 6.09 Å². The minimum Gasteiger partial charge on any atom is -0.443 e. The van der Waals surface area contributed by atoms with Gasteiger partial charge in [-0.2, -0.15) is 0 Å². The van der Waals surface area contributed by atoms with Crippen molar-refractivity contribution in [3.8, 4) is 0 Å². The maximum atomic E-state index is 12.5. The lowest BCUT2D eigenvalue weighted by atomic mass is 10.1. The van der Waals surface area contributed by atoms with Crippen LogP contribution in [0.1, 0.15) is 31.9 Å². The first-order chi connectivity index (χ1) is 10.3. The van der Waals surface area contributed by atoms with E-state index in [1.807, 2.05) is 82.3 Å². The van der Waals surface area contributed by atoms with Gasteiger partial charge >= 0.3 is 6.09 Å². The first-order valence-electron chi connectivity index (χ1n) is 7.46. The summed E-state index contributed by atoms with van der Waals surface area (Å²) >= 11 is 0. The highest BCUT2D eigenvalue weighted by atomic mass is 16.6. The molecule has 0 fully saturated rings. The zero-order valence-corrected chi connectivity index (χ0v) is 13.7. The molecule has 0 atom stereocenters. The number of benzene rings is 2. The molecule has 0 N–H and O–H groups in total. The maximum Gasteiger partial charge on any atom is 0.415 e. The molecule has 3 nitrogen and oxygen atoms in total. The number of amides is 1. The van der Waals surface area contributed by atoms with Crippen LogP contribution in [0, 0.1) is 6.92 Å². The number of ether oxygens (including phenoxy) is 1. The minimum absolute atomic E-state index is 0.334. The number of carbonyl (C=O) groups is 1. The normalized spacial score (nSPS) is 11.1. The van der Waals surface area contributed by atoms with Gasteiger partial charge in [0.15, 0.2) is 0 Å². The number of aryl methyl sites for hydroxylation is 1. The van der Waals surface area contributed by atoms with Gasteiger partial charge in [0.2, 0.25) is 0 Å². The predicted octanol–water partition coefficient (Wildman–Crippen LogP) is 4.94. The van der Waals surface area contributed by atoms with E-state index < -0.39 is 5.60 Å². The summed E-state index contributed by atoms with van der Waals surface area (Å²) in [4.78, 5) is 14.2. The van der Waals surface area contributed by atoms with Crippen molar-refractivity contribution in [1.29, 1.82) is 0 Å². The lowest BCUT2D eigenvalue weighted by Gasteiger charge is -2.27. The Morgan fingerprint density at radius 2 is 1.59 bits per heavy atom. The number of carbonyl (C=O) groups excluding carboxylic acids is 1. The van der Waals surface area contributed by atoms with Crippen molar-refractivity contribution in [3.63, 3.8) is 0 Å². The molecule has 2 aromatic rings. The second kappa shape index (κ2) is 6.65. The molecule has 0 spiro atoms. The van der Waals surface area contributed by atoms with Gasteiger partial charge in [-0.05, 0) is 45.4 Å². The molecule has 0 aromatic heterocycles. The molecule has 3 heteroatoms. The number of anilines is 1. The molecule has 22 heavy (non-hydrogen) atoms. The molecule has 0 heterocycles. The number of hydrogen-bond donors (Lipinski definition) is 0. The monoisotopic (exact) mass is 297 g/mol. The molecule has 0 radical (unpaired) electrons. The summed E-state index contributed by atoms with van der Waals surface area (Å²) in [6.45, 7) is 8.16. The van der Waals surface area contributed by atoms with Crippen LogP contribution in [0.3, 0.4) is 0 Å². The van der Waals surface area contributed by atoms with E-state index in [2.05, 4.69) is 0 Å². The zero-order chi connectivity index (χ0) is 16.2. The van der Waals surface area contributed by atoms with Crippen molar-refractivity contribution in [3.05, 3.63) is 65.7 Å². The zero-order valence-electron chi connectivity index (χ0n) is 13.7. The smallest absolute Gasteiger partial charge is 0.415 e. The Morgan fingerprint density at radius 1 is 1.00 bits per heavy atom. The van der Waals surface area contributed by atoms with Gasteiger partial charge in [-0.15, -0.1) is 0 Å². The molecule has 2 aromatic carbocycles. The fraction of sp³-hybridized carbons (Fsp3) is 0.316. The standard InChI is InChI=1S/C19H23NO2/c1-15-10-12-16(13-11-15)14-20(17-8-6-5-7-9-17)18(21)22-19(2,3)4/h5-13H,14H2,1-4H3. The van der Waals surface area contributed by atoms with Gasteiger partial charge in [-0.1, -0.05) is 48.0 Å². The Balaban J connectivity index is 2.25. The molecule has 0 bridgehead atoms. The molecule has 0 aliphatic heterocycles. The van der Waals surface area contributed by atoms with Crippen molar-refractivity contribution < 1.29 is 9.53 Å². The van der Waals surface area contributed by atoms with Crippen LogP contribution in [0.4, 0.5) is 10.5 Å². The predicted molar refractivity (Wildman–Crippen MR) is 90.0 cm³/mol. The summed E-state index contributed by atoms with van der Waals surface area (Å²) in [6, 6.07) is 17.8. The molecular formula is C19H23NO2. The molecule has 0 saturated heterocycles. The topological polar surface area (TPSA) is 29.5 Å². The molecule has 0 unspecified atom stereocenters. The van der Waals surface area contributed by atoms with Crippen molar-refractivity contribution in [2.24, 2.45) is 0 Å². The summed E-state index contributed by atoms with van der Waals surface area (Å²) in [5.74, 6) is 0. The molecular weight excluding hydrogens is 274 g/mol. The Labute approximate surface area is 132 Å². The van der Waals surface area contributed by atoms with Crippen LogP contribution in [0.2, 0.25) is 0 Å². The lowest BCUT2D eigenvalue weighted by molar-refractivity contribution is 0.0577. The lowest BCUT2D eigenvalue weighted by Crippen LogP contribution is -2.36. The van der Waals surface area contributed by atoms with Crippen LogP contribution < -0.4 is 4.90 Å². The summed E-state index contributed by atoms with van der Waals surface area (Å²) in [6.07, 6.45) is -0.334. The van der Waals surface area contributed by atoms with Crippen molar-refractivity contribution in [2.75, 3.05) is 4.90 Å². The second-order valence-electron chi connectivity index (χ2n) is 6.39. The maximum absolute atomic E-state index is 12.5. The van der Waals surface area contributed by atoms with Gasteiger partial charge < -0.3 is 4.74 Å². The van der Waals surface area contributed by atoms with Crippen LogP contribution in [0.5, 0.6) is 0 Å². The van der Waals surface area contributed by atoms with Crippen molar-refractivity contribution in [2.45, 2.75) is 39.8 Å². The third-order valence-electron chi connectivity index (χ3n) is 3.14. The van der Waals surface area contributed by atoms with Gasteiger partial charge in [0.1, 0.15) is 5.60 Å². The van der Waals surface area contributed by atoms with E-state index in [0.717, 1.165) is 11.3 Å². The van der Waals surface area contributed by atoms with E-state index in [1.54, 1.807) is 4.90 Å². The highest BCUT2D eigenvalue weighted by Gasteiger charge is 2.23. The fourth-order valence-corrected chi connectivity index (χ4v) is 2.06. The number of rotatable bonds is 3. The summed E-state index contributed by atoms with van der Waals surface area (Å²) < 4.78 is 5.54. The second-order valence-corrected chi connectivity index (χ2v) is 6.39. The Kier molecular flexibility index (Phi) is 4.86. The molecule has 1 amide bonds. The average Bonchev–Trinajstić information content (AvgIpc) is 2.45. The quantitative estimate of drug-likeness (QED) is 0.803. The third kappa shape index (κ3) is 4.62. The van der Waals surface area contributed by atoms with E-state index in [0.29, 0.717) is 6.54 Å². The fourth-order valence-electron chi connectivity index (χ4n) is 2.06. The van der Waals surface area contributed by atoms with E-state index in [1.165, 1.54) is 5.56 Å². The highest BCUT2D eigenvalue weighted by molar-refractivity contribution is 5.87. The minimum atomic E-state index is -0.516. The van der Waals surface area contributed by atoms with Gasteiger partial charge in [0.25, 0.3) is 0 Å². The largest absolute Gasteiger partial charge is 0.443 e. The summed E-state index contributed by atoms with van der Waals surface area (Å²) in [7, 11) is 0. The highest BCUT2D eigenvalue weighted by Crippen LogP contribution is 2.20. The van der Waals surface area contributed by atoms with Gasteiger partial charge in [0, 0.05) is 5.69 Å². The van der Waals surface area contributed by atoms with E-state index in [9.17, 15) is 4.79 Å². The van der Waals surface area contributed by atoms with E-state index in [4.69, 9.17) is 4.74 Å². The van der Waals surface area contributed by atoms with E-state index >= 15 is 0 Å². The molecule has 116 valence electrons. The molecule has 0 saturated carbocycles. The number of hydrogen-bond acceptors (Lipinski definition) is 2. The molecule has 2 rings (SSSR count). The van der Waals surface area contributed by atoms with Gasteiger partial charge in [-0.25, -0.2) is 4.79 Å². The molecule has 0 aliphatic rings. The molecule has 0 aliphatic carbocycles. The number of nitrogens with zero attached hydrogens (tertiary/aromatic N) is 1. The first kappa shape index (κ1) is 16.1. The van der Waals surface area contributed by atoms with Gasteiger partial charge in [0.05, 0.1) is 6.54 Å². The average molecular weight is 297 g/mol. The number of para-hydroxylation sites is 1. The van der Waals surface area contributed by atoms with Crippen LogP contribution in [-0.2, 0) is 11.3 Å². The Hall–Kier alpha value is -2.29. The van der Waals surface area contributed by atoms with Crippen molar-refractivity contribution >= 4 is 11.8 Å². The van der Waals surface area contributed by atoms with Crippen molar-refractivity contribution in [1.82, 2.24) is 0 Å². The van der Waals surface area contributed by atoms with Crippen LogP contribution >= 0.6 is 0 Å². The third-order valence-corrected chi connectivity index (χ3v) is 3.14. The van der Waals surface area contributed by atoms with Crippen LogP contribution in [-0.4, -0.2) is 11.7 Å².